The fraction of sp³-hybridized carbons (Fsp3) is 0.708. The van der Waals surface area contributed by atoms with Gasteiger partial charge in [-0.25, -0.2) is 4.79 Å². The van der Waals surface area contributed by atoms with Gasteiger partial charge in [-0.15, -0.1) is 0 Å². The molecule has 164 valence electrons. The number of ether oxygens (including phenoxy) is 3. The first-order valence-corrected chi connectivity index (χ1v) is 11.0. The minimum atomic E-state index is -0.441. The summed E-state index contributed by atoms with van der Waals surface area (Å²) >= 11 is 0. The van der Waals surface area contributed by atoms with Crippen molar-refractivity contribution in [1.82, 2.24) is 4.90 Å². The van der Waals surface area contributed by atoms with Gasteiger partial charge in [-0.2, -0.15) is 0 Å². The van der Waals surface area contributed by atoms with Crippen LogP contribution in [0.15, 0.2) is 30.3 Å². The smallest absolute Gasteiger partial charge is 0.410 e. The van der Waals surface area contributed by atoms with Crippen LogP contribution >= 0.6 is 0 Å². The van der Waals surface area contributed by atoms with E-state index in [0.717, 1.165) is 58.3 Å². The van der Waals surface area contributed by atoms with Crippen LogP contribution in [-0.4, -0.2) is 49.5 Å². The Kier molecular flexibility index (Phi) is 9.95. The van der Waals surface area contributed by atoms with Crippen molar-refractivity contribution in [2.75, 3.05) is 26.8 Å². The number of carbonyl (C=O) groups is 1. The summed E-state index contributed by atoms with van der Waals surface area (Å²) < 4.78 is 17.2. The molecule has 1 saturated carbocycles. The normalized spacial score (nSPS) is 19.7. The molecule has 0 heterocycles. The van der Waals surface area contributed by atoms with E-state index in [1.807, 2.05) is 46.0 Å². The summed E-state index contributed by atoms with van der Waals surface area (Å²) in [6.07, 6.45) is 6.58. The van der Waals surface area contributed by atoms with Gasteiger partial charge < -0.3 is 19.1 Å². The first kappa shape index (κ1) is 23.7. The zero-order chi connectivity index (χ0) is 21.1. The second-order valence-corrected chi connectivity index (χ2v) is 9.12. The molecule has 0 aromatic heterocycles. The van der Waals surface area contributed by atoms with Crippen LogP contribution in [0.3, 0.4) is 0 Å². The standard InChI is InChI=1S/C24H39NO4/c1-24(2,3)29-23(26)25(4)18-20-12-14-22(15-13-20)28-17-9-8-16-27-19-21-10-6-5-7-11-21/h5-7,10-11,20,22H,8-9,12-19H2,1-4H3/t20-,22-. The van der Waals surface area contributed by atoms with Crippen molar-refractivity contribution < 1.29 is 19.0 Å². The van der Waals surface area contributed by atoms with Crippen molar-refractivity contribution >= 4 is 6.09 Å². The monoisotopic (exact) mass is 405 g/mol. The molecule has 1 fully saturated rings. The molecular formula is C24H39NO4. The highest BCUT2D eigenvalue weighted by Gasteiger charge is 2.26. The molecule has 0 unspecified atom stereocenters. The molecular weight excluding hydrogens is 366 g/mol. The SMILES string of the molecule is CN(C[C@H]1CC[C@H](OCCCCOCc2ccccc2)CC1)C(=O)OC(C)(C)C. The van der Waals surface area contributed by atoms with Gasteiger partial charge in [0.25, 0.3) is 0 Å². The van der Waals surface area contributed by atoms with Crippen molar-refractivity contribution in [3.8, 4) is 0 Å². The number of nitrogens with zero attached hydrogens (tertiary/aromatic N) is 1. The van der Waals surface area contributed by atoms with Crippen LogP contribution in [0.5, 0.6) is 0 Å². The minimum Gasteiger partial charge on any atom is -0.444 e. The Labute approximate surface area is 176 Å². The van der Waals surface area contributed by atoms with Gasteiger partial charge >= 0.3 is 6.09 Å². The molecule has 0 bridgehead atoms. The average Bonchev–Trinajstić information content (AvgIpc) is 2.68. The number of carbonyl (C=O) groups excluding carboxylic acids is 1. The van der Waals surface area contributed by atoms with Gasteiger partial charge in [0.05, 0.1) is 12.7 Å². The molecule has 2 rings (SSSR count). The zero-order valence-corrected chi connectivity index (χ0v) is 18.7. The maximum Gasteiger partial charge on any atom is 0.410 e. The van der Waals surface area contributed by atoms with E-state index in [2.05, 4.69) is 12.1 Å². The summed E-state index contributed by atoms with van der Waals surface area (Å²) in [5, 5.41) is 0. The van der Waals surface area contributed by atoms with Gasteiger partial charge in [0.2, 0.25) is 0 Å². The van der Waals surface area contributed by atoms with Gasteiger partial charge in [-0.1, -0.05) is 30.3 Å². The van der Waals surface area contributed by atoms with E-state index in [9.17, 15) is 4.79 Å². The first-order valence-electron chi connectivity index (χ1n) is 11.0. The summed E-state index contributed by atoms with van der Waals surface area (Å²) in [6.45, 7) is 8.73. The molecule has 0 N–H and O–H groups in total. The molecule has 1 aromatic carbocycles. The summed E-state index contributed by atoms with van der Waals surface area (Å²) in [5.41, 5.74) is 0.779. The maximum absolute atomic E-state index is 12.1. The van der Waals surface area contributed by atoms with Crippen LogP contribution in [0.1, 0.15) is 64.9 Å². The molecule has 0 saturated heterocycles. The quantitative estimate of drug-likeness (QED) is 0.487. The highest BCUT2D eigenvalue weighted by molar-refractivity contribution is 5.67. The van der Waals surface area contributed by atoms with E-state index in [1.54, 1.807) is 4.90 Å². The number of hydrogen-bond acceptors (Lipinski definition) is 4. The lowest BCUT2D eigenvalue weighted by Gasteiger charge is -2.32. The Hall–Kier alpha value is -1.59. The summed E-state index contributed by atoms with van der Waals surface area (Å²) in [7, 11) is 1.83. The molecule has 1 aromatic rings. The van der Waals surface area contributed by atoms with E-state index < -0.39 is 5.60 Å². The van der Waals surface area contributed by atoms with Gasteiger partial charge in [-0.05, 0) is 70.8 Å². The van der Waals surface area contributed by atoms with Crippen LogP contribution in [0.25, 0.3) is 0 Å². The lowest BCUT2D eigenvalue weighted by molar-refractivity contribution is 0.00460. The number of unbranched alkanes of at least 4 members (excludes halogenated alkanes) is 1. The average molecular weight is 406 g/mol. The van der Waals surface area contributed by atoms with E-state index in [-0.39, 0.29) is 6.09 Å². The van der Waals surface area contributed by atoms with E-state index in [1.165, 1.54) is 5.56 Å². The Bertz CT molecular complexity index is 576. The molecule has 5 heteroatoms. The van der Waals surface area contributed by atoms with E-state index >= 15 is 0 Å². The Morgan fingerprint density at radius 2 is 1.69 bits per heavy atom. The molecule has 0 radical (unpaired) electrons. The summed E-state index contributed by atoms with van der Waals surface area (Å²) in [4.78, 5) is 13.8. The first-order chi connectivity index (χ1) is 13.8. The van der Waals surface area contributed by atoms with Crippen molar-refractivity contribution in [2.24, 2.45) is 5.92 Å². The third-order valence-electron chi connectivity index (χ3n) is 5.18. The highest BCUT2D eigenvalue weighted by atomic mass is 16.6. The predicted octanol–water partition coefficient (Wildman–Crippen LogP) is 5.43. The molecule has 5 nitrogen and oxygen atoms in total. The largest absolute Gasteiger partial charge is 0.444 e. The summed E-state index contributed by atoms with van der Waals surface area (Å²) in [5.74, 6) is 0.541. The number of benzene rings is 1. The van der Waals surface area contributed by atoms with E-state index in [4.69, 9.17) is 14.2 Å². The molecule has 1 aliphatic rings. The fourth-order valence-corrected chi connectivity index (χ4v) is 3.60. The van der Waals surface area contributed by atoms with Crippen LogP contribution < -0.4 is 0 Å². The Morgan fingerprint density at radius 3 is 2.34 bits per heavy atom. The van der Waals surface area contributed by atoms with Crippen molar-refractivity contribution in [3.05, 3.63) is 35.9 Å². The van der Waals surface area contributed by atoms with Crippen LogP contribution in [0.2, 0.25) is 0 Å². The Balaban J connectivity index is 1.48. The number of rotatable bonds is 10. The lowest BCUT2D eigenvalue weighted by atomic mass is 9.87. The molecule has 0 atom stereocenters. The maximum atomic E-state index is 12.1. The number of amides is 1. The van der Waals surface area contributed by atoms with E-state index in [0.29, 0.717) is 18.6 Å². The van der Waals surface area contributed by atoms with Gasteiger partial charge in [-0.3, -0.25) is 0 Å². The van der Waals surface area contributed by atoms with Gasteiger partial charge in [0, 0.05) is 26.8 Å². The van der Waals surface area contributed by atoms with Crippen molar-refractivity contribution in [2.45, 2.75) is 77.6 Å². The molecule has 1 amide bonds. The highest BCUT2D eigenvalue weighted by Crippen LogP contribution is 2.27. The van der Waals surface area contributed by atoms with Crippen LogP contribution in [-0.2, 0) is 20.8 Å². The summed E-state index contributed by atoms with van der Waals surface area (Å²) in [6, 6.07) is 10.3. The van der Waals surface area contributed by atoms with Crippen LogP contribution in [0.4, 0.5) is 4.79 Å². The van der Waals surface area contributed by atoms with Gasteiger partial charge in [0.15, 0.2) is 0 Å². The lowest BCUT2D eigenvalue weighted by Crippen LogP contribution is -2.38. The molecule has 29 heavy (non-hydrogen) atoms. The molecule has 1 aliphatic carbocycles. The zero-order valence-electron chi connectivity index (χ0n) is 18.7. The fourth-order valence-electron chi connectivity index (χ4n) is 3.60. The third-order valence-corrected chi connectivity index (χ3v) is 5.18. The number of hydrogen-bond donors (Lipinski definition) is 0. The van der Waals surface area contributed by atoms with Crippen molar-refractivity contribution in [3.63, 3.8) is 0 Å². The van der Waals surface area contributed by atoms with Crippen LogP contribution in [0, 0.1) is 5.92 Å². The molecule has 0 aliphatic heterocycles. The Morgan fingerprint density at radius 1 is 1.03 bits per heavy atom. The van der Waals surface area contributed by atoms with Crippen molar-refractivity contribution in [1.29, 1.82) is 0 Å². The predicted molar refractivity (Wildman–Crippen MR) is 116 cm³/mol. The second-order valence-electron chi connectivity index (χ2n) is 9.12. The van der Waals surface area contributed by atoms with Gasteiger partial charge in [0.1, 0.15) is 5.60 Å². The third kappa shape index (κ3) is 10.1. The molecule has 0 spiro atoms. The minimum absolute atomic E-state index is 0.231. The topological polar surface area (TPSA) is 48.0 Å². The second kappa shape index (κ2) is 12.2.